The molecule has 1 unspecified atom stereocenters. The summed E-state index contributed by atoms with van der Waals surface area (Å²) in [5.41, 5.74) is 0. The van der Waals surface area contributed by atoms with Gasteiger partial charge in [0.15, 0.2) is 0 Å². The van der Waals surface area contributed by atoms with Crippen LogP contribution in [0.15, 0.2) is 17.5 Å². The summed E-state index contributed by atoms with van der Waals surface area (Å²) in [4.78, 5) is 1.44. The molecule has 1 atom stereocenters. The largest absolute Gasteiger partial charge is 0.396 e. The van der Waals surface area contributed by atoms with Gasteiger partial charge in [0.25, 0.3) is 0 Å². The van der Waals surface area contributed by atoms with Crippen molar-refractivity contribution in [2.75, 3.05) is 13.2 Å². The molecule has 0 saturated carbocycles. The number of nitrogens with one attached hydrogen (secondary N) is 1. The van der Waals surface area contributed by atoms with E-state index >= 15 is 0 Å². The second-order valence-corrected chi connectivity index (χ2v) is 4.45. The number of hydrogen-bond acceptors (Lipinski definition) is 3. The van der Waals surface area contributed by atoms with Crippen LogP contribution in [0.3, 0.4) is 0 Å². The highest BCUT2D eigenvalue weighted by Gasteiger charge is 2.06. The van der Waals surface area contributed by atoms with Gasteiger partial charge >= 0.3 is 0 Å². The lowest BCUT2D eigenvalue weighted by molar-refractivity contribution is 0.282. The number of hydrogen-bond donors (Lipinski definition) is 2. The lowest BCUT2D eigenvalue weighted by Gasteiger charge is -2.15. The van der Waals surface area contributed by atoms with E-state index in [1.54, 1.807) is 0 Å². The first-order valence-corrected chi connectivity index (χ1v) is 6.11. The number of rotatable bonds is 7. The van der Waals surface area contributed by atoms with Gasteiger partial charge in [-0.25, -0.2) is 0 Å². The van der Waals surface area contributed by atoms with E-state index in [0.717, 1.165) is 25.8 Å². The van der Waals surface area contributed by atoms with Crippen molar-refractivity contribution < 1.29 is 5.11 Å². The Morgan fingerprint density at radius 3 is 3.00 bits per heavy atom. The predicted octanol–water partition coefficient (Wildman–Crippen LogP) is 2.04. The Kier molecular flexibility index (Phi) is 5.83. The maximum absolute atomic E-state index is 8.67. The predicted molar refractivity (Wildman–Crippen MR) is 61.8 cm³/mol. The summed E-state index contributed by atoms with van der Waals surface area (Å²) in [6.45, 7) is 3.40. The van der Waals surface area contributed by atoms with Gasteiger partial charge in [0, 0.05) is 17.5 Å². The summed E-state index contributed by atoms with van der Waals surface area (Å²) >= 11 is 1.82. The number of thiophene rings is 1. The molecule has 0 spiro atoms. The minimum absolute atomic E-state index is 0.280. The molecule has 0 fully saturated rings. The van der Waals surface area contributed by atoms with Crippen LogP contribution in [0.4, 0.5) is 0 Å². The van der Waals surface area contributed by atoms with Crippen LogP contribution in [0.25, 0.3) is 0 Å². The Morgan fingerprint density at radius 1 is 1.57 bits per heavy atom. The van der Waals surface area contributed by atoms with Gasteiger partial charge in [0.05, 0.1) is 0 Å². The highest BCUT2D eigenvalue weighted by atomic mass is 32.1. The molecule has 3 heteroatoms. The second kappa shape index (κ2) is 6.98. The van der Waals surface area contributed by atoms with Crippen molar-refractivity contribution >= 4 is 11.3 Å². The van der Waals surface area contributed by atoms with Crippen molar-refractivity contribution in [2.45, 2.75) is 32.2 Å². The lowest BCUT2D eigenvalue weighted by atomic mass is 10.1. The third-order valence-electron chi connectivity index (χ3n) is 2.29. The molecule has 0 aliphatic heterocycles. The molecule has 0 aliphatic rings. The molecule has 80 valence electrons. The minimum Gasteiger partial charge on any atom is -0.396 e. The molecule has 0 aromatic carbocycles. The van der Waals surface area contributed by atoms with Crippen LogP contribution >= 0.6 is 11.3 Å². The van der Waals surface area contributed by atoms with Crippen molar-refractivity contribution in [1.82, 2.24) is 5.32 Å². The van der Waals surface area contributed by atoms with Crippen LogP contribution in [0.2, 0.25) is 0 Å². The van der Waals surface area contributed by atoms with Crippen LogP contribution in [0.5, 0.6) is 0 Å². The smallest absolute Gasteiger partial charge is 0.0443 e. The fourth-order valence-corrected chi connectivity index (χ4v) is 2.20. The molecule has 2 N–H and O–H groups in total. The Labute approximate surface area is 90.0 Å². The average molecular weight is 213 g/mol. The van der Waals surface area contributed by atoms with E-state index in [1.807, 2.05) is 11.3 Å². The summed E-state index contributed by atoms with van der Waals surface area (Å²) in [5.74, 6) is 0. The normalized spacial score (nSPS) is 13.0. The average Bonchev–Trinajstić information content (AvgIpc) is 2.69. The Bertz CT molecular complexity index is 223. The second-order valence-electron chi connectivity index (χ2n) is 3.42. The molecule has 1 rings (SSSR count). The van der Waals surface area contributed by atoms with E-state index in [4.69, 9.17) is 5.11 Å². The highest BCUT2D eigenvalue weighted by Crippen LogP contribution is 2.12. The van der Waals surface area contributed by atoms with Crippen LogP contribution in [0, 0.1) is 0 Å². The van der Waals surface area contributed by atoms with Gasteiger partial charge in [0.2, 0.25) is 0 Å². The fourth-order valence-electron chi connectivity index (χ4n) is 1.42. The quantitative estimate of drug-likeness (QED) is 0.679. The molecule has 1 heterocycles. The summed E-state index contributed by atoms with van der Waals surface area (Å²) in [5, 5.41) is 14.2. The van der Waals surface area contributed by atoms with Crippen LogP contribution in [0.1, 0.15) is 24.6 Å². The third kappa shape index (κ3) is 4.22. The molecule has 0 aliphatic carbocycles. The van der Waals surface area contributed by atoms with Crippen molar-refractivity contribution in [1.29, 1.82) is 0 Å². The third-order valence-corrected chi connectivity index (χ3v) is 3.19. The standard InChI is InChI=1S/C11H19NOS/c1-2-10(12-6-4-7-13)9-11-5-3-8-14-11/h3,5,8,10,12-13H,2,4,6-7,9H2,1H3. The van der Waals surface area contributed by atoms with Gasteiger partial charge in [0.1, 0.15) is 0 Å². The van der Waals surface area contributed by atoms with Crippen molar-refractivity contribution in [3.05, 3.63) is 22.4 Å². The molecule has 0 bridgehead atoms. The van der Waals surface area contributed by atoms with Gasteiger partial charge < -0.3 is 10.4 Å². The molecule has 2 nitrogen and oxygen atoms in total. The summed E-state index contributed by atoms with van der Waals surface area (Å²) in [6.07, 6.45) is 3.10. The summed E-state index contributed by atoms with van der Waals surface area (Å²) in [6, 6.07) is 4.83. The van der Waals surface area contributed by atoms with E-state index in [0.29, 0.717) is 6.04 Å². The van der Waals surface area contributed by atoms with Crippen molar-refractivity contribution in [2.24, 2.45) is 0 Å². The van der Waals surface area contributed by atoms with E-state index in [-0.39, 0.29) is 6.61 Å². The van der Waals surface area contributed by atoms with Crippen LogP contribution in [-0.4, -0.2) is 24.3 Å². The first-order chi connectivity index (χ1) is 6.86. The van der Waals surface area contributed by atoms with E-state index in [1.165, 1.54) is 4.88 Å². The Morgan fingerprint density at radius 2 is 2.43 bits per heavy atom. The zero-order valence-electron chi connectivity index (χ0n) is 8.70. The molecule has 1 aromatic rings. The molecule has 0 radical (unpaired) electrons. The molecule has 1 aromatic heterocycles. The molecule has 0 saturated heterocycles. The molecular weight excluding hydrogens is 194 g/mol. The van der Waals surface area contributed by atoms with Gasteiger partial charge in [-0.15, -0.1) is 11.3 Å². The Hall–Kier alpha value is -0.380. The number of aliphatic hydroxyl groups excluding tert-OH is 1. The topological polar surface area (TPSA) is 32.3 Å². The SMILES string of the molecule is CCC(Cc1cccs1)NCCCO. The molecule has 14 heavy (non-hydrogen) atoms. The van der Waals surface area contributed by atoms with Crippen LogP contribution in [-0.2, 0) is 6.42 Å². The first kappa shape index (κ1) is 11.7. The van der Waals surface area contributed by atoms with E-state index in [9.17, 15) is 0 Å². The number of aliphatic hydroxyl groups is 1. The zero-order valence-corrected chi connectivity index (χ0v) is 9.52. The molecule has 0 amide bonds. The van der Waals surface area contributed by atoms with Gasteiger partial charge in [-0.3, -0.25) is 0 Å². The van der Waals surface area contributed by atoms with Crippen molar-refractivity contribution in [3.63, 3.8) is 0 Å². The summed E-state index contributed by atoms with van der Waals surface area (Å²) < 4.78 is 0. The van der Waals surface area contributed by atoms with Crippen molar-refractivity contribution in [3.8, 4) is 0 Å². The maximum Gasteiger partial charge on any atom is 0.0443 e. The monoisotopic (exact) mass is 213 g/mol. The van der Waals surface area contributed by atoms with E-state index in [2.05, 4.69) is 29.8 Å². The van der Waals surface area contributed by atoms with Gasteiger partial charge in [-0.1, -0.05) is 13.0 Å². The first-order valence-electron chi connectivity index (χ1n) is 5.23. The maximum atomic E-state index is 8.67. The minimum atomic E-state index is 0.280. The van der Waals surface area contributed by atoms with E-state index < -0.39 is 0 Å². The molecular formula is C11H19NOS. The summed E-state index contributed by atoms with van der Waals surface area (Å²) in [7, 11) is 0. The van der Waals surface area contributed by atoms with Gasteiger partial charge in [-0.2, -0.15) is 0 Å². The van der Waals surface area contributed by atoms with Crippen LogP contribution < -0.4 is 5.32 Å². The lowest BCUT2D eigenvalue weighted by Crippen LogP contribution is -2.31. The van der Waals surface area contributed by atoms with Gasteiger partial charge in [-0.05, 0) is 37.3 Å². The fraction of sp³-hybridized carbons (Fsp3) is 0.636. The Balaban J connectivity index is 2.24. The highest BCUT2D eigenvalue weighted by molar-refractivity contribution is 7.09. The zero-order chi connectivity index (χ0) is 10.2.